The summed E-state index contributed by atoms with van der Waals surface area (Å²) in [6.45, 7) is 1.90. The van der Waals surface area contributed by atoms with Crippen molar-refractivity contribution < 1.29 is 13.0 Å². The zero-order valence-corrected chi connectivity index (χ0v) is 8.37. The average molecular weight is 208 g/mol. The molecule has 0 amide bonds. The predicted molar refractivity (Wildman–Crippen MR) is 49.7 cm³/mol. The first-order valence-corrected chi connectivity index (χ1v) is 5.80. The maximum absolute atomic E-state index is 10.8. The van der Waals surface area contributed by atoms with Crippen LogP contribution in [0.5, 0.6) is 0 Å². The van der Waals surface area contributed by atoms with Crippen molar-refractivity contribution in [3.05, 3.63) is 0 Å². The Morgan fingerprint density at radius 3 is 1.92 bits per heavy atom. The van der Waals surface area contributed by atoms with Gasteiger partial charge in [0.15, 0.2) is 0 Å². The highest BCUT2D eigenvalue weighted by Gasteiger charge is 2.36. The van der Waals surface area contributed by atoms with Gasteiger partial charge in [0.2, 0.25) is 0 Å². The van der Waals surface area contributed by atoms with Gasteiger partial charge in [-0.25, -0.2) is 0 Å². The zero-order chi connectivity index (χ0) is 10.2. The van der Waals surface area contributed by atoms with E-state index in [-0.39, 0.29) is 18.0 Å². The van der Waals surface area contributed by atoms with Gasteiger partial charge < -0.3 is 11.5 Å². The smallest absolute Gasteiger partial charge is 0.267 e. The zero-order valence-electron chi connectivity index (χ0n) is 7.55. The lowest BCUT2D eigenvalue weighted by molar-refractivity contribution is 0.280. The van der Waals surface area contributed by atoms with Gasteiger partial charge in [0.1, 0.15) is 0 Å². The van der Waals surface area contributed by atoms with Crippen LogP contribution in [0.3, 0.4) is 0 Å². The Labute approximate surface area is 78.2 Å². The Bertz CT molecular complexity index is 265. The predicted octanol–water partition coefficient (Wildman–Crippen LogP) is -0.673. The Morgan fingerprint density at radius 1 is 1.23 bits per heavy atom. The third kappa shape index (κ3) is 2.40. The molecule has 0 aliphatic heterocycles. The molecule has 0 aromatic heterocycles. The highest BCUT2D eigenvalue weighted by Crippen LogP contribution is 2.26. The average Bonchev–Trinajstić information content (AvgIpc) is 1.97. The molecule has 0 saturated heterocycles. The summed E-state index contributed by atoms with van der Waals surface area (Å²) in [5, 5.41) is -0.784. The van der Waals surface area contributed by atoms with Crippen molar-refractivity contribution >= 4 is 10.1 Å². The summed E-state index contributed by atoms with van der Waals surface area (Å²) in [5.41, 5.74) is 11.4. The van der Waals surface area contributed by atoms with E-state index in [1.165, 1.54) is 0 Å². The molecule has 13 heavy (non-hydrogen) atoms. The quantitative estimate of drug-likeness (QED) is 0.495. The second-order valence-electron chi connectivity index (χ2n) is 3.80. The molecule has 0 bridgehead atoms. The second kappa shape index (κ2) is 3.53. The van der Waals surface area contributed by atoms with E-state index in [4.69, 9.17) is 16.0 Å². The van der Waals surface area contributed by atoms with E-state index in [1.807, 2.05) is 6.92 Å². The third-order valence-electron chi connectivity index (χ3n) is 2.84. The SMILES string of the molecule is CC1C(N)CC(S(=O)(=O)O)CC1N. The maximum Gasteiger partial charge on any atom is 0.267 e. The van der Waals surface area contributed by atoms with E-state index < -0.39 is 15.4 Å². The summed E-state index contributed by atoms with van der Waals surface area (Å²) in [7, 11) is -3.98. The lowest BCUT2D eigenvalue weighted by Crippen LogP contribution is -2.50. The van der Waals surface area contributed by atoms with E-state index in [0.29, 0.717) is 12.8 Å². The molecule has 0 spiro atoms. The fourth-order valence-electron chi connectivity index (χ4n) is 1.69. The first-order valence-electron chi connectivity index (χ1n) is 4.30. The largest absolute Gasteiger partial charge is 0.327 e. The lowest BCUT2D eigenvalue weighted by atomic mass is 9.82. The molecule has 0 heterocycles. The summed E-state index contributed by atoms with van der Waals surface area (Å²) in [6.07, 6.45) is 0.599. The van der Waals surface area contributed by atoms with Crippen LogP contribution >= 0.6 is 0 Å². The van der Waals surface area contributed by atoms with Crippen LogP contribution in [0.1, 0.15) is 19.8 Å². The van der Waals surface area contributed by atoms with Gasteiger partial charge in [-0.2, -0.15) is 8.42 Å². The molecule has 1 aliphatic rings. The van der Waals surface area contributed by atoms with Gasteiger partial charge in [-0.1, -0.05) is 6.92 Å². The topological polar surface area (TPSA) is 106 Å². The molecule has 5 nitrogen and oxygen atoms in total. The molecule has 2 unspecified atom stereocenters. The molecule has 5 N–H and O–H groups in total. The molecule has 1 saturated carbocycles. The van der Waals surface area contributed by atoms with Crippen molar-refractivity contribution in [1.29, 1.82) is 0 Å². The monoisotopic (exact) mass is 208 g/mol. The van der Waals surface area contributed by atoms with Gasteiger partial charge in [0, 0.05) is 12.1 Å². The van der Waals surface area contributed by atoms with Crippen LogP contribution in [-0.2, 0) is 10.1 Å². The highest BCUT2D eigenvalue weighted by molar-refractivity contribution is 7.86. The number of nitrogens with two attached hydrogens (primary N) is 2. The van der Waals surface area contributed by atoms with Crippen LogP contribution in [0.2, 0.25) is 0 Å². The number of rotatable bonds is 1. The van der Waals surface area contributed by atoms with Crippen molar-refractivity contribution in [1.82, 2.24) is 0 Å². The van der Waals surface area contributed by atoms with Crippen LogP contribution in [0.15, 0.2) is 0 Å². The van der Waals surface area contributed by atoms with E-state index in [9.17, 15) is 8.42 Å². The third-order valence-corrected chi connectivity index (χ3v) is 4.07. The Kier molecular flexibility index (Phi) is 2.96. The van der Waals surface area contributed by atoms with Crippen molar-refractivity contribution in [3.8, 4) is 0 Å². The van der Waals surface area contributed by atoms with Crippen LogP contribution in [0, 0.1) is 5.92 Å². The fraction of sp³-hybridized carbons (Fsp3) is 1.00. The Hall–Kier alpha value is -0.170. The number of hydrogen-bond acceptors (Lipinski definition) is 4. The molecule has 0 radical (unpaired) electrons. The normalized spacial score (nSPS) is 41.8. The van der Waals surface area contributed by atoms with Gasteiger partial charge in [-0.05, 0) is 18.8 Å². The molecular formula is C7H16N2O3S. The minimum atomic E-state index is -3.98. The molecular weight excluding hydrogens is 192 g/mol. The van der Waals surface area contributed by atoms with E-state index in [2.05, 4.69) is 0 Å². The molecule has 0 aromatic rings. The lowest BCUT2D eigenvalue weighted by Gasteiger charge is -2.35. The molecule has 0 aromatic carbocycles. The minimum absolute atomic E-state index is 0.109. The molecule has 2 atom stereocenters. The molecule has 6 heteroatoms. The summed E-state index contributed by atoms with van der Waals surface area (Å²) in [6, 6.07) is -0.480. The maximum atomic E-state index is 10.8. The summed E-state index contributed by atoms with van der Waals surface area (Å²) in [4.78, 5) is 0. The van der Waals surface area contributed by atoms with Crippen LogP contribution in [0.4, 0.5) is 0 Å². The van der Waals surface area contributed by atoms with Gasteiger partial charge in [0.25, 0.3) is 10.1 Å². The highest BCUT2D eigenvalue weighted by atomic mass is 32.2. The van der Waals surface area contributed by atoms with Crippen LogP contribution < -0.4 is 11.5 Å². The van der Waals surface area contributed by atoms with Crippen LogP contribution in [0.25, 0.3) is 0 Å². The van der Waals surface area contributed by atoms with Crippen molar-refractivity contribution in [2.75, 3.05) is 0 Å². The van der Waals surface area contributed by atoms with Crippen molar-refractivity contribution in [2.45, 2.75) is 37.1 Å². The first-order chi connectivity index (χ1) is 5.82. The van der Waals surface area contributed by atoms with E-state index in [1.54, 1.807) is 0 Å². The number of hydrogen-bond donors (Lipinski definition) is 3. The van der Waals surface area contributed by atoms with Crippen molar-refractivity contribution in [3.63, 3.8) is 0 Å². The standard InChI is InChI=1S/C7H16N2O3S/c1-4-6(8)2-5(3-7(4)9)13(10,11)12/h4-7H,2-3,8-9H2,1H3,(H,10,11,12). The van der Waals surface area contributed by atoms with E-state index in [0.717, 1.165) is 0 Å². The van der Waals surface area contributed by atoms with Gasteiger partial charge >= 0.3 is 0 Å². The first kappa shape index (κ1) is 10.9. The van der Waals surface area contributed by atoms with E-state index >= 15 is 0 Å². The summed E-state index contributed by atoms with van der Waals surface area (Å²) < 4.78 is 30.5. The van der Waals surface area contributed by atoms with Crippen molar-refractivity contribution in [2.24, 2.45) is 17.4 Å². The molecule has 1 fully saturated rings. The van der Waals surface area contributed by atoms with Crippen LogP contribution in [-0.4, -0.2) is 30.3 Å². The summed E-state index contributed by atoms with van der Waals surface area (Å²) >= 11 is 0. The molecule has 1 aliphatic carbocycles. The Morgan fingerprint density at radius 2 is 1.62 bits per heavy atom. The van der Waals surface area contributed by atoms with Gasteiger partial charge in [0.05, 0.1) is 5.25 Å². The van der Waals surface area contributed by atoms with Gasteiger partial charge in [-0.3, -0.25) is 4.55 Å². The Balaban J connectivity index is 2.75. The van der Waals surface area contributed by atoms with Gasteiger partial charge in [-0.15, -0.1) is 0 Å². The minimum Gasteiger partial charge on any atom is -0.327 e. The molecule has 78 valence electrons. The second-order valence-corrected chi connectivity index (χ2v) is 5.49. The molecule has 1 rings (SSSR count). The summed E-state index contributed by atoms with van der Waals surface area (Å²) in [5.74, 6) is 0.109. The fourth-order valence-corrected chi connectivity index (χ4v) is 2.62.